The highest BCUT2D eigenvalue weighted by Gasteiger charge is 2.07. The van der Waals surface area contributed by atoms with Gasteiger partial charge in [-0.05, 0) is 70.2 Å². The van der Waals surface area contributed by atoms with Gasteiger partial charge in [0.2, 0.25) is 0 Å². The molecule has 0 heterocycles. The minimum atomic E-state index is -0.282. The lowest BCUT2D eigenvalue weighted by Crippen LogP contribution is -2.10. The Balaban J connectivity index is 1.74. The molecule has 0 aromatic heterocycles. The summed E-state index contributed by atoms with van der Waals surface area (Å²) in [5.41, 5.74) is 1.25. The van der Waals surface area contributed by atoms with Crippen LogP contribution in [0.4, 0.5) is 0 Å². The first-order valence-corrected chi connectivity index (χ1v) is 9.01. The van der Waals surface area contributed by atoms with Gasteiger partial charge in [0.1, 0.15) is 11.5 Å². The first kappa shape index (κ1) is 18.8. The Bertz CT molecular complexity index is 684. The highest BCUT2D eigenvalue weighted by Crippen LogP contribution is 2.29. The van der Waals surface area contributed by atoms with Gasteiger partial charge in [-0.3, -0.25) is 4.79 Å². The molecule has 5 heteroatoms. The molecule has 0 bridgehead atoms. The van der Waals surface area contributed by atoms with Gasteiger partial charge in [0.05, 0.1) is 11.1 Å². The van der Waals surface area contributed by atoms with Crippen molar-refractivity contribution in [1.29, 1.82) is 0 Å². The van der Waals surface area contributed by atoms with Gasteiger partial charge in [-0.15, -0.1) is 0 Å². The summed E-state index contributed by atoms with van der Waals surface area (Å²) in [6, 6.07) is 12.8. The van der Waals surface area contributed by atoms with Gasteiger partial charge in [-0.1, -0.05) is 31.5 Å². The number of carbonyl (C=O) groups excluding carboxylic acids is 1. The van der Waals surface area contributed by atoms with E-state index in [2.05, 4.69) is 41.9 Å². The maximum Gasteiger partial charge on any atom is 0.311 e. The molecule has 0 atom stereocenters. The molecule has 128 valence electrons. The van der Waals surface area contributed by atoms with Crippen LogP contribution >= 0.6 is 27.5 Å². The van der Waals surface area contributed by atoms with E-state index in [1.165, 1.54) is 5.56 Å². The zero-order chi connectivity index (χ0) is 17.5. The van der Waals surface area contributed by atoms with Crippen LogP contribution < -0.4 is 9.47 Å². The summed E-state index contributed by atoms with van der Waals surface area (Å²) < 4.78 is 11.9. The van der Waals surface area contributed by atoms with E-state index in [0.717, 1.165) is 10.2 Å². The van der Waals surface area contributed by atoms with Gasteiger partial charge in [0, 0.05) is 11.4 Å². The van der Waals surface area contributed by atoms with Crippen LogP contribution in [0.3, 0.4) is 0 Å². The van der Waals surface area contributed by atoms with E-state index >= 15 is 0 Å². The Labute approximate surface area is 156 Å². The third kappa shape index (κ3) is 5.84. The zero-order valence-electron chi connectivity index (χ0n) is 13.7. The van der Waals surface area contributed by atoms with E-state index in [1.807, 2.05) is 6.07 Å². The van der Waals surface area contributed by atoms with Crippen molar-refractivity contribution in [1.82, 2.24) is 0 Å². The Kier molecular flexibility index (Phi) is 7.13. The van der Waals surface area contributed by atoms with Crippen molar-refractivity contribution in [3.8, 4) is 11.5 Å². The Morgan fingerprint density at radius 1 is 1.17 bits per heavy atom. The van der Waals surface area contributed by atoms with Gasteiger partial charge >= 0.3 is 5.97 Å². The highest BCUT2D eigenvalue weighted by molar-refractivity contribution is 9.10. The molecule has 0 fully saturated rings. The van der Waals surface area contributed by atoms with Crippen molar-refractivity contribution in [3.05, 3.63) is 57.5 Å². The molecule has 0 saturated heterocycles. The molecule has 0 spiro atoms. The molecule has 2 rings (SSSR count). The topological polar surface area (TPSA) is 35.5 Å². The SMILES string of the molecule is CC(C)c1ccc(OCCCC(=O)Oc2ccc(Cl)cc2)c(Br)c1. The Morgan fingerprint density at radius 3 is 2.50 bits per heavy atom. The highest BCUT2D eigenvalue weighted by atomic mass is 79.9. The van der Waals surface area contributed by atoms with Crippen molar-refractivity contribution in [3.63, 3.8) is 0 Å². The van der Waals surface area contributed by atoms with Crippen LogP contribution in [0.25, 0.3) is 0 Å². The van der Waals surface area contributed by atoms with Gasteiger partial charge in [-0.25, -0.2) is 0 Å². The molecule has 0 aliphatic carbocycles. The normalized spacial score (nSPS) is 10.7. The minimum absolute atomic E-state index is 0.282. The molecule has 0 radical (unpaired) electrons. The predicted octanol–water partition coefficient (Wildman–Crippen LogP) is 5.99. The average molecular weight is 412 g/mol. The van der Waals surface area contributed by atoms with Crippen LogP contribution in [0.1, 0.15) is 38.2 Å². The van der Waals surface area contributed by atoms with Gasteiger partial charge < -0.3 is 9.47 Å². The van der Waals surface area contributed by atoms with E-state index in [0.29, 0.717) is 36.1 Å². The quantitative estimate of drug-likeness (QED) is 0.319. The summed E-state index contributed by atoms with van der Waals surface area (Å²) in [7, 11) is 0. The lowest BCUT2D eigenvalue weighted by Gasteiger charge is -2.11. The number of benzene rings is 2. The van der Waals surface area contributed by atoms with Crippen molar-refractivity contribution < 1.29 is 14.3 Å². The standard InChI is InChI=1S/C19H20BrClO3/c1-13(2)14-5-10-18(17(20)12-14)23-11-3-4-19(22)24-16-8-6-15(21)7-9-16/h5-10,12-13H,3-4,11H2,1-2H3. The molecule has 3 nitrogen and oxygen atoms in total. The van der Waals surface area contributed by atoms with Gasteiger partial charge in [0.15, 0.2) is 0 Å². The summed E-state index contributed by atoms with van der Waals surface area (Å²) >= 11 is 9.31. The molecule has 0 aliphatic heterocycles. The maximum absolute atomic E-state index is 11.8. The van der Waals surface area contributed by atoms with Gasteiger partial charge in [-0.2, -0.15) is 0 Å². The van der Waals surface area contributed by atoms with E-state index in [1.54, 1.807) is 24.3 Å². The van der Waals surface area contributed by atoms with E-state index in [-0.39, 0.29) is 5.97 Å². The zero-order valence-corrected chi connectivity index (χ0v) is 16.1. The minimum Gasteiger partial charge on any atom is -0.492 e. The summed E-state index contributed by atoms with van der Waals surface area (Å²) in [5.74, 6) is 1.47. The molecule has 2 aromatic carbocycles. The van der Waals surface area contributed by atoms with Crippen LogP contribution in [0, 0.1) is 0 Å². The lowest BCUT2D eigenvalue weighted by atomic mass is 10.0. The second kappa shape index (κ2) is 9.09. The van der Waals surface area contributed by atoms with Crippen LogP contribution in [0.5, 0.6) is 11.5 Å². The van der Waals surface area contributed by atoms with Crippen LogP contribution in [-0.2, 0) is 4.79 Å². The van der Waals surface area contributed by atoms with E-state index in [4.69, 9.17) is 21.1 Å². The van der Waals surface area contributed by atoms with Crippen molar-refractivity contribution in [2.24, 2.45) is 0 Å². The number of ether oxygens (including phenoxy) is 2. The molecular formula is C19H20BrClO3. The lowest BCUT2D eigenvalue weighted by molar-refractivity contribution is -0.134. The molecule has 0 unspecified atom stereocenters. The van der Waals surface area contributed by atoms with Crippen LogP contribution in [0.15, 0.2) is 46.9 Å². The third-order valence-corrected chi connectivity index (χ3v) is 4.32. The number of hydrogen-bond acceptors (Lipinski definition) is 3. The Hall–Kier alpha value is -1.52. The van der Waals surface area contributed by atoms with Crippen molar-refractivity contribution in [2.45, 2.75) is 32.6 Å². The Morgan fingerprint density at radius 2 is 1.88 bits per heavy atom. The first-order valence-electron chi connectivity index (χ1n) is 7.84. The number of esters is 1. The summed E-state index contributed by atoms with van der Waals surface area (Å²) in [6.07, 6.45) is 0.884. The van der Waals surface area contributed by atoms with E-state index in [9.17, 15) is 4.79 Å². The fourth-order valence-electron chi connectivity index (χ4n) is 2.08. The number of carbonyl (C=O) groups is 1. The molecule has 0 aliphatic rings. The first-order chi connectivity index (χ1) is 11.5. The average Bonchev–Trinajstić information content (AvgIpc) is 2.54. The van der Waals surface area contributed by atoms with Crippen LogP contribution in [0.2, 0.25) is 5.02 Å². The second-order valence-electron chi connectivity index (χ2n) is 5.72. The third-order valence-electron chi connectivity index (χ3n) is 3.45. The molecule has 2 aromatic rings. The smallest absolute Gasteiger partial charge is 0.311 e. The molecular weight excluding hydrogens is 392 g/mol. The van der Waals surface area contributed by atoms with Crippen LogP contribution in [-0.4, -0.2) is 12.6 Å². The monoisotopic (exact) mass is 410 g/mol. The molecule has 24 heavy (non-hydrogen) atoms. The maximum atomic E-state index is 11.8. The molecule has 0 amide bonds. The van der Waals surface area contributed by atoms with Crippen molar-refractivity contribution in [2.75, 3.05) is 6.61 Å². The predicted molar refractivity (Wildman–Crippen MR) is 100 cm³/mol. The number of rotatable bonds is 7. The van der Waals surface area contributed by atoms with Crippen molar-refractivity contribution >= 4 is 33.5 Å². The largest absolute Gasteiger partial charge is 0.492 e. The summed E-state index contributed by atoms with van der Waals surface area (Å²) in [4.78, 5) is 11.8. The fraction of sp³-hybridized carbons (Fsp3) is 0.316. The second-order valence-corrected chi connectivity index (χ2v) is 7.02. The van der Waals surface area contributed by atoms with E-state index < -0.39 is 0 Å². The summed E-state index contributed by atoms with van der Waals surface area (Å²) in [6.45, 7) is 4.75. The number of halogens is 2. The van der Waals surface area contributed by atoms with Gasteiger partial charge in [0.25, 0.3) is 0 Å². The summed E-state index contributed by atoms with van der Waals surface area (Å²) in [5, 5.41) is 0.609. The molecule has 0 saturated carbocycles. The molecule has 0 N–H and O–H groups in total. The fourth-order valence-corrected chi connectivity index (χ4v) is 2.71. The number of hydrogen-bond donors (Lipinski definition) is 0.